The van der Waals surface area contributed by atoms with Crippen LogP contribution < -0.4 is 10.6 Å². The number of nitrogens with two attached hydrogens (primary N) is 1. The zero-order chi connectivity index (χ0) is 13.9. The molecule has 3 rings (SSSR count). The number of rotatable bonds is 3. The average Bonchev–Trinajstić information content (AvgIpc) is 2.47. The molecular weight excluding hydrogens is 246 g/mol. The fourth-order valence-electron chi connectivity index (χ4n) is 4.01. The summed E-state index contributed by atoms with van der Waals surface area (Å²) in [7, 11) is 0. The Hall–Kier alpha value is -1.09. The summed E-state index contributed by atoms with van der Waals surface area (Å²) in [5.41, 5.74) is 7.30. The van der Waals surface area contributed by atoms with Crippen LogP contribution >= 0.6 is 0 Å². The molecule has 2 fully saturated rings. The zero-order valence-electron chi connectivity index (χ0n) is 12.6. The molecule has 0 radical (unpaired) electrons. The number of nitrogens with zero attached hydrogens (tertiary/aromatic N) is 2. The lowest BCUT2D eigenvalue weighted by Gasteiger charge is -2.42. The third kappa shape index (κ3) is 2.98. The highest BCUT2D eigenvalue weighted by molar-refractivity contribution is 5.47. The topological polar surface area (TPSA) is 42.1 Å². The number of fused-ring (bicyclic) bond motifs is 1. The van der Waals surface area contributed by atoms with E-state index in [1.165, 1.54) is 56.6 Å². The van der Waals surface area contributed by atoms with E-state index in [4.69, 9.17) is 5.73 Å². The van der Waals surface area contributed by atoms with Gasteiger partial charge in [-0.3, -0.25) is 0 Å². The van der Waals surface area contributed by atoms with Crippen molar-refractivity contribution in [3.8, 4) is 0 Å². The predicted octanol–water partition coefficient (Wildman–Crippen LogP) is 2.99. The Balaban J connectivity index is 1.76. The number of piperidine rings is 1. The fourth-order valence-corrected chi connectivity index (χ4v) is 4.01. The Bertz CT molecular complexity index is 444. The predicted molar refractivity (Wildman–Crippen MR) is 83.9 cm³/mol. The molecular formula is C17H27N3. The molecule has 3 nitrogen and oxygen atoms in total. The van der Waals surface area contributed by atoms with Crippen molar-refractivity contribution < 1.29 is 0 Å². The van der Waals surface area contributed by atoms with E-state index in [9.17, 15) is 0 Å². The van der Waals surface area contributed by atoms with Gasteiger partial charge in [0, 0.05) is 25.3 Å². The Morgan fingerprint density at radius 3 is 2.90 bits per heavy atom. The Morgan fingerprint density at radius 1 is 1.30 bits per heavy atom. The van der Waals surface area contributed by atoms with Crippen LogP contribution in [0.5, 0.6) is 0 Å². The van der Waals surface area contributed by atoms with Gasteiger partial charge in [-0.1, -0.05) is 25.3 Å². The Morgan fingerprint density at radius 2 is 2.10 bits per heavy atom. The first-order chi connectivity index (χ1) is 9.74. The zero-order valence-corrected chi connectivity index (χ0v) is 12.6. The molecule has 1 aromatic rings. The van der Waals surface area contributed by atoms with Crippen molar-refractivity contribution >= 4 is 5.82 Å². The van der Waals surface area contributed by atoms with Crippen LogP contribution in [0.25, 0.3) is 0 Å². The molecule has 1 saturated carbocycles. The molecule has 1 aromatic heterocycles. The molecule has 0 bridgehead atoms. The number of hydrogen-bond donors (Lipinski definition) is 1. The SMILES string of the molecule is CC(N)Cc1cccnc1N1CCC2CCCCC2C1. The molecule has 20 heavy (non-hydrogen) atoms. The molecule has 1 aliphatic heterocycles. The molecule has 2 heterocycles. The minimum atomic E-state index is 0.199. The number of hydrogen-bond acceptors (Lipinski definition) is 3. The van der Waals surface area contributed by atoms with E-state index < -0.39 is 0 Å². The Kier molecular flexibility index (Phi) is 4.25. The fraction of sp³-hybridized carbons (Fsp3) is 0.706. The van der Waals surface area contributed by atoms with Crippen LogP contribution in [0.1, 0.15) is 44.6 Å². The highest BCUT2D eigenvalue weighted by Crippen LogP contribution is 2.37. The second-order valence-corrected chi connectivity index (χ2v) is 6.71. The Labute approximate surface area is 122 Å². The van der Waals surface area contributed by atoms with Gasteiger partial charge in [-0.25, -0.2) is 4.98 Å². The van der Waals surface area contributed by atoms with Gasteiger partial charge in [0.15, 0.2) is 0 Å². The standard InChI is InChI=1S/C17H27N3/c1-13(18)11-15-7-4-9-19-17(15)20-10-8-14-5-2-3-6-16(14)12-20/h4,7,9,13-14,16H,2-3,5-6,8,10-12,18H2,1H3. The molecule has 110 valence electrons. The number of pyridine rings is 1. The van der Waals surface area contributed by atoms with Crippen molar-refractivity contribution in [2.75, 3.05) is 18.0 Å². The van der Waals surface area contributed by atoms with Crippen LogP contribution in [0.15, 0.2) is 18.3 Å². The second kappa shape index (κ2) is 6.13. The smallest absolute Gasteiger partial charge is 0.131 e. The van der Waals surface area contributed by atoms with Gasteiger partial charge >= 0.3 is 0 Å². The van der Waals surface area contributed by atoms with Crippen molar-refractivity contribution in [3.05, 3.63) is 23.9 Å². The van der Waals surface area contributed by atoms with E-state index in [0.717, 1.165) is 18.3 Å². The molecule has 2 N–H and O–H groups in total. The van der Waals surface area contributed by atoms with E-state index in [1.54, 1.807) is 0 Å². The van der Waals surface area contributed by atoms with Crippen LogP contribution in [0.4, 0.5) is 5.82 Å². The van der Waals surface area contributed by atoms with Gasteiger partial charge in [-0.05, 0) is 49.7 Å². The first-order valence-corrected chi connectivity index (χ1v) is 8.18. The molecule has 3 unspecified atom stereocenters. The van der Waals surface area contributed by atoms with Crippen molar-refractivity contribution in [1.29, 1.82) is 0 Å². The largest absolute Gasteiger partial charge is 0.356 e. The summed E-state index contributed by atoms with van der Waals surface area (Å²) in [6.07, 6.45) is 9.92. The van der Waals surface area contributed by atoms with E-state index in [0.29, 0.717) is 0 Å². The molecule has 0 aromatic carbocycles. The first kappa shape index (κ1) is 13.9. The summed E-state index contributed by atoms with van der Waals surface area (Å²) >= 11 is 0. The number of anilines is 1. The maximum Gasteiger partial charge on any atom is 0.131 e. The van der Waals surface area contributed by atoms with Gasteiger partial charge in [-0.2, -0.15) is 0 Å². The number of aromatic nitrogens is 1. The first-order valence-electron chi connectivity index (χ1n) is 8.18. The van der Waals surface area contributed by atoms with E-state index in [1.807, 2.05) is 12.3 Å². The molecule has 2 aliphatic rings. The van der Waals surface area contributed by atoms with Crippen LogP contribution in [0.3, 0.4) is 0 Å². The summed E-state index contributed by atoms with van der Waals surface area (Å²) in [4.78, 5) is 7.18. The summed E-state index contributed by atoms with van der Waals surface area (Å²) in [5.74, 6) is 3.05. The third-order valence-electron chi connectivity index (χ3n) is 5.00. The lowest BCUT2D eigenvalue weighted by atomic mass is 9.75. The summed E-state index contributed by atoms with van der Waals surface area (Å²) in [6.45, 7) is 4.45. The van der Waals surface area contributed by atoms with Crippen molar-refractivity contribution in [2.45, 2.75) is 51.5 Å². The summed E-state index contributed by atoms with van der Waals surface area (Å²) < 4.78 is 0. The van der Waals surface area contributed by atoms with Gasteiger partial charge < -0.3 is 10.6 Å². The molecule has 3 heteroatoms. The van der Waals surface area contributed by atoms with Gasteiger partial charge in [-0.15, -0.1) is 0 Å². The second-order valence-electron chi connectivity index (χ2n) is 6.71. The van der Waals surface area contributed by atoms with Crippen molar-refractivity contribution in [1.82, 2.24) is 4.98 Å². The quantitative estimate of drug-likeness (QED) is 0.920. The molecule has 0 spiro atoms. The summed E-state index contributed by atoms with van der Waals surface area (Å²) in [5, 5.41) is 0. The maximum absolute atomic E-state index is 5.98. The lowest BCUT2D eigenvalue weighted by molar-refractivity contribution is 0.202. The van der Waals surface area contributed by atoms with Crippen LogP contribution in [0, 0.1) is 11.8 Å². The van der Waals surface area contributed by atoms with Gasteiger partial charge in [0.1, 0.15) is 5.82 Å². The lowest BCUT2D eigenvalue weighted by Crippen LogP contribution is -2.42. The minimum Gasteiger partial charge on any atom is -0.356 e. The highest BCUT2D eigenvalue weighted by Gasteiger charge is 2.32. The van der Waals surface area contributed by atoms with Crippen molar-refractivity contribution in [3.63, 3.8) is 0 Å². The molecule has 1 saturated heterocycles. The molecule has 1 aliphatic carbocycles. The average molecular weight is 273 g/mol. The van der Waals surface area contributed by atoms with Gasteiger partial charge in [0.2, 0.25) is 0 Å². The van der Waals surface area contributed by atoms with Gasteiger partial charge in [0.05, 0.1) is 0 Å². The van der Waals surface area contributed by atoms with E-state index >= 15 is 0 Å². The third-order valence-corrected chi connectivity index (χ3v) is 5.00. The highest BCUT2D eigenvalue weighted by atomic mass is 15.2. The van der Waals surface area contributed by atoms with E-state index in [2.05, 4.69) is 22.9 Å². The van der Waals surface area contributed by atoms with Gasteiger partial charge in [0.25, 0.3) is 0 Å². The van der Waals surface area contributed by atoms with Crippen LogP contribution in [-0.4, -0.2) is 24.1 Å². The van der Waals surface area contributed by atoms with Crippen molar-refractivity contribution in [2.24, 2.45) is 17.6 Å². The normalized spacial score (nSPS) is 28.0. The summed E-state index contributed by atoms with van der Waals surface area (Å²) in [6, 6.07) is 4.43. The molecule has 3 atom stereocenters. The van der Waals surface area contributed by atoms with Crippen LogP contribution in [-0.2, 0) is 6.42 Å². The maximum atomic E-state index is 5.98. The van der Waals surface area contributed by atoms with Crippen LogP contribution in [0.2, 0.25) is 0 Å². The molecule has 0 amide bonds. The van der Waals surface area contributed by atoms with E-state index in [-0.39, 0.29) is 6.04 Å². The monoisotopic (exact) mass is 273 g/mol. The minimum absolute atomic E-state index is 0.199.